The average Bonchev–Trinajstić information content (AvgIpc) is 2.84. The van der Waals surface area contributed by atoms with Gasteiger partial charge < -0.3 is 15.5 Å². The van der Waals surface area contributed by atoms with E-state index in [-0.39, 0.29) is 17.6 Å². The number of hydrogen-bond acceptors (Lipinski definition) is 3. The second kappa shape index (κ2) is 4.46. The maximum absolute atomic E-state index is 13.6. The number of benzene rings is 1. The van der Waals surface area contributed by atoms with Crippen molar-refractivity contribution in [3.05, 3.63) is 47.0 Å². The van der Waals surface area contributed by atoms with Gasteiger partial charge in [0.1, 0.15) is 11.6 Å². The minimum absolute atomic E-state index is 0.0425. The molecule has 2 aliphatic rings. The molecule has 2 aliphatic heterocycles. The first kappa shape index (κ1) is 13.4. The van der Waals surface area contributed by atoms with Gasteiger partial charge in [0.2, 0.25) is 5.91 Å². The third kappa shape index (κ3) is 1.73. The zero-order valence-electron chi connectivity index (χ0n) is 11.0. The molecule has 0 aromatic heterocycles. The van der Waals surface area contributed by atoms with Crippen molar-refractivity contribution in [1.29, 1.82) is 0 Å². The Balaban J connectivity index is 2.16. The molecule has 0 bridgehead atoms. The molecular weight excluding hydrogens is 281 g/mol. The molecule has 2 fully saturated rings. The van der Waals surface area contributed by atoms with Gasteiger partial charge in [0.15, 0.2) is 0 Å². The highest BCUT2D eigenvalue weighted by Gasteiger charge is 2.53. The Labute approximate surface area is 121 Å². The lowest BCUT2D eigenvalue weighted by molar-refractivity contribution is -0.137. The van der Waals surface area contributed by atoms with Gasteiger partial charge in [0, 0.05) is 30.7 Å². The summed E-state index contributed by atoms with van der Waals surface area (Å²) in [5, 5.41) is 6.89. The Hall–Kier alpha value is -1.59. The van der Waals surface area contributed by atoms with Crippen LogP contribution in [0.2, 0.25) is 5.02 Å². The van der Waals surface area contributed by atoms with Crippen LogP contribution in [0.5, 0.6) is 0 Å². The first-order valence-corrected chi connectivity index (χ1v) is 6.74. The molecule has 2 heterocycles. The molecule has 0 radical (unpaired) electrons. The quantitative estimate of drug-likeness (QED) is 0.824. The highest BCUT2D eigenvalue weighted by atomic mass is 35.5. The van der Waals surface area contributed by atoms with Crippen LogP contribution >= 0.6 is 11.6 Å². The highest BCUT2D eigenvalue weighted by molar-refractivity contribution is 6.31. The van der Waals surface area contributed by atoms with Crippen LogP contribution in [0.4, 0.5) is 4.39 Å². The number of rotatable bonds is 1. The third-order valence-corrected chi connectivity index (χ3v) is 4.49. The van der Waals surface area contributed by atoms with Crippen LogP contribution in [0.1, 0.15) is 5.56 Å². The van der Waals surface area contributed by atoms with Crippen molar-refractivity contribution < 1.29 is 9.18 Å². The van der Waals surface area contributed by atoms with Gasteiger partial charge in [-0.15, -0.1) is 0 Å². The number of carbonyl (C=O) groups excluding carboxylic acids is 1. The lowest BCUT2D eigenvalue weighted by Gasteiger charge is -2.44. The third-order valence-electron chi connectivity index (χ3n) is 4.16. The number of amides is 1. The molecule has 2 N–H and O–H groups in total. The summed E-state index contributed by atoms with van der Waals surface area (Å²) in [4.78, 5) is 13.9. The van der Waals surface area contributed by atoms with E-state index in [0.717, 1.165) is 0 Å². The number of nitrogens with zero attached hydrogens (tertiary/aromatic N) is 1. The molecule has 1 aromatic carbocycles. The Morgan fingerprint density at radius 2 is 2.30 bits per heavy atom. The van der Waals surface area contributed by atoms with E-state index in [0.29, 0.717) is 29.5 Å². The fraction of sp³-hybridized carbons (Fsp3) is 0.357. The largest absolute Gasteiger partial charge is 0.360 e. The van der Waals surface area contributed by atoms with Gasteiger partial charge in [-0.2, -0.15) is 0 Å². The summed E-state index contributed by atoms with van der Waals surface area (Å²) in [6.07, 6.45) is 0. The normalized spacial score (nSPS) is 29.4. The summed E-state index contributed by atoms with van der Waals surface area (Å²) < 4.78 is 13.6. The van der Waals surface area contributed by atoms with E-state index in [1.54, 1.807) is 7.05 Å². The molecule has 0 spiro atoms. The van der Waals surface area contributed by atoms with Crippen LogP contribution in [-0.2, 0) is 10.3 Å². The maximum Gasteiger partial charge on any atom is 0.234 e. The van der Waals surface area contributed by atoms with Crippen molar-refractivity contribution >= 4 is 17.5 Å². The highest BCUT2D eigenvalue weighted by Crippen LogP contribution is 2.41. The van der Waals surface area contributed by atoms with E-state index in [1.807, 2.05) is 0 Å². The molecule has 0 saturated carbocycles. The van der Waals surface area contributed by atoms with E-state index in [1.165, 1.54) is 23.1 Å². The maximum atomic E-state index is 13.6. The van der Waals surface area contributed by atoms with Gasteiger partial charge in [0.05, 0.1) is 11.5 Å². The number of hydrogen-bond donors (Lipinski definition) is 2. The molecule has 2 atom stereocenters. The van der Waals surface area contributed by atoms with Gasteiger partial charge in [0.25, 0.3) is 0 Å². The molecule has 3 rings (SSSR count). The fourth-order valence-electron chi connectivity index (χ4n) is 3.04. The SMILES string of the molecule is C=C1N[C@@]2(c3cc(F)ccc3Cl)CNC[C@H]2C(=O)N1C. The first-order chi connectivity index (χ1) is 9.45. The zero-order valence-corrected chi connectivity index (χ0v) is 11.8. The van der Waals surface area contributed by atoms with Crippen LogP contribution in [0, 0.1) is 11.7 Å². The predicted octanol–water partition coefficient (Wildman–Crippen LogP) is 1.43. The van der Waals surface area contributed by atoms with Gasteiger partial charge in [-0.25, -0.2) is 4.39 Å². The summed E-state index contributed by atoms with van der Waals surface area (Å²) >= 11 is 6.23. The molecule has 0 aliphatic carbocycles. The molecule has 6 heteroatoms. The molecule has 20 heavy (non-hydrogen) atoms. The molecule has 4 nitrogen and oxygen atoms in total. The minimum Gasteiger partial charge on any atom is -0.360 e. The minimum atomic E-state index is -0.736. The van der Waals surface area contributed by atoms with Crippen molar-refractivity contribution in [1.82, 2.24) is 15.5 Å². The van der Waals surface area contributed by atoms with Gasteiger partial charge in [-0.3, -0.25) is 4.79 Å². The second-order valence-corrected chi connectivity index (χ2v) is 5.66. The Morgan fingerprint density at radius 3 is 3.05 bits per heavy atom. The topological polar surface area (TPSA) is 44.4 Å². The second-order valence-electron chi connectivity index (χ2n) is 5.25. The summed E-state index contributed by atoms with van der Waals surface area (Å²) in [6, 6.07) is 4.22. The summed E-state index contributed by atoms with van der Waals surface area (Å²) in [7, 11) is 1.67. The molecule has 106 valence electrons. The molecule has 2 saturated heterocycles. The first-order valence-electron chi connectivity index (χ1n) is 6.36. The van der Waals surface area contributed by atoms with Gasteiger partial charge >= 0.3 is 0 Å². The number of nitrogens with one attached hydrogen (secondary N) is 2. The van der Waals surface area contributed by atoms with Crippen molar-refractivity contribution in [3.8, 4) is 0 Å². The van der Waals surface area contributed by atoms with Crippen molar-refractivity contribution in [2.45, 2.75) is 5.54 Å². The fourth-order valence-corrected chi connectivity index (χ4v) is 3.32. The molecule has 0 unspecified atom stereocenters. The van der Waals surface area contributed by atoms with E-state index < -0.39 is 5.54 Å². The Kier molecular flexibility index (Phi) is 2.99. The van der Waals surface area contributed by atoms with Gasteiger partial charge in [-0.05, 0) is 18.2 Å². The molecule has 1 aromatic rings. The van der Waals surface area contributed by atoms with E-state index in [9.17, 15) is 9.18 Å². The number of fused-ring (bicyclic) bond motifs is 1. The smallest absolute Gasteiger partial charge is 0.234 e. The van der Waals surface area contributed by atoms with Crippen LogP contribution in [0.25, 0.3) is 0 Å². The predicted molar refractivity (Wildman–Crippen MR) is 74.5 cm³/mol. The van der Waals surface area contributed by atoms with Crippen LogP contribution in [0.3, 0.4) is 0 Å². The van der Waals surface area contributed by atoms with Crippen LogP contribution < -0.4 is 10.6 Å². The molecular formula is C14H15ClFN3O. The Morgan fingerprint density at radius 1 is 1.55 bits per heavy atom. The van der Waals surface area contributed by atoms with Crippen molar-refractivity contribution in [2.75, 3.05) is 20.1 Å². The zero-order chi connectivity index (χ0) is 14.5. The van der Waals surface area contributed by atoms with Gasteiger partial charge in [-0.1, -0.05) is 18.2 Å². The summed E-state index contributed by atoms with van der Waals surface area (Å²) in [6.45, 7) is 4.88. The summed E-state index contributed by atoms with van der Waals surface area (Å²) in [5.74, 6) is -0.255. The molecule has 1 amide bonds. The Bertz CT molecular complexity index is 606. The number of halogens is 2. The lowest BCUT2D eigenvalue weighted by atomic mass is 9.78. The standard InChI is InChI=1S/C14H15ClFN3O/c1-8-18-14(10-5-9(16)3-4-12(10)15)7-17-6-11(14)13(20)19(8)2/h3-5,11,17-18H,1,6-7H2,2H3/t11-,14+/m0/s1. The van der Waals surface area contributed by atoms with E-state index in [4.69, 9.17) is 11.6 Å². The monoisotopic (exact) mass is 295 g/mol. The van der Waals surface area contributed by atoms with Crippen LogP contribution in [0.15, 0.2) is 30.6 Å². The van der Waals surface area contributed by atoms with Crippen LogP contribution in [-0.4, -0.2) is 30.9 Å². The number of carbonyl (C=O) groups is 1. The van der Waals surface area contributed by atoms with Crippen molar-refractivity contribution in [3.63, 3.8) is 0 Å². The summed E-state index contributed by atoms with van der Waals surface area (Å²) in [5.41, 5.74) is -0.142. The average molecular weight is 296 g/mol. The van der Waals surface area contributed by atoms with Crippen molar-refractivity contribution in [2.24, 2.45) is 5.92 Å². The van der Waals surface area contributed by atoms with E-state index in [2.05, 4.69) is 17.2 Å². The van der Waals surface area contributed by atoms with E-state index >= 15 is 0 Å². The lowest BCUT2D eigenvalue weighted by Crippen LogP contribution is -2.60.